The van der Waals surface area contributed by atoms with Crippen molar-refractivity contribution in [3.63, 3.8) is 0 Å². The zero-order chi connectivity index (χ0) is 24.1. The van der Waals surface area contributed by atoms with E-state index in [1.54, 1.807) is 24.3 Å². The first kappa shape index (κ1) is 23.0. The number of aromatic nitrogens is 2. The Kier molecular flexibility index (Phi) is 6.62. The molecule has 0 radical (unpaired) electrons. The molecule has 4 aromatic rings. The van der Waals surface area contributed by atoms with Gasteiger partial charge < -0.3 is 14.5 Å². The van der Waals surface area contributed by atoms with Crippen molar-refractivity contribution in [3.05, 3.63) is 89.8 Å². The Morgan fingerprint density at radius 3 is 2.53 bits per heavy atom. The molecule has 0 aliphatic carbocycles. The maximum absolute atomic E-state index is 12.9. The molecule has 0 atom stereocenters. The monoisotopic (exact) mass is 467 g/mol. The van der Waals surface area contributed by atoms with Crippen LogP contribution in [0, 0.1) is 6.92 Å². The van der Waals surface area contributed by atoms with Gasteiger partial charge in [-0.05, 0) is 49.4 Å². The third kappa shape index (κ3) is 5.80. The van der Waals surface area contributed by atoms with Gasteiger partial charge in [-0.25, -0.2) is 0 Å². The molecular weight excluding hydrogens is 447 g/mol. The van der Waals surface area contributed by atoms with Gasteiger partial charge in [-0.1, -0.05) is 35.9 Å². The lowest BCUT2D eigenvalue weighted by Crippen LogP contribution is -2.13. The molecule has 0 fully saturated rings. The molecule has 6 nitrogen and oxygen atoms in total. The number of hydrogen-bond donors (Lipinski definition) is 1. The van der Waals surface area contributed by atoms with Crippen LogP contribution in [0.15, 0.2) is 77.2 Å². The molecule has 0 saturated heterocycles. The minimum atomic E-state index is -4.48. The Labute approximate surface area is 193 Å². The van der Waals surface area contributed by atoms with Crippen molar-refractivity contribution in [1.82, 2.24) is 10.2 Å². The summed E-state index contributed by atoms with van der Waals surface area (Å²) in [6.07, 6.45) is -4.32. The maximum Gasteiger partial charge on any atom is 0.416 e. The number of alkyl halides is 3. The highest BCUT2D eigenvalue weighted by atomic mass is 19.4. The topological polar surface area (TPSA) is 77.2 Å². The molecule has 0 aliphatic rings. The van der Waals surface area contributed by atoms with Crippen molar-refractivity contribution in [3.8, 4) is 23.0 Å². The van der Waals surface area contributed by atoms with Gasteiger partial charge in [0, 0.05) is 18.4 Å². The van der Waals surface area contributed by atoms with E-state index in [1.165, 1.54) is 12.1 Å². The molecule has 9 heteroatoms. The summed E-state index contributed by atoms with van der Waals surface area (Å²) in [5.74, 6) is 0.925. The molecule has 3 aromatic carbocycles. The first-order valence-electron chi connectivity index (χ1n) is 10.4. The highest BCUT2D eigenvalue weighted by Gasteiger charge is 2.30. The van der Waals surface area contributed by atoms with Gasteiger partial charge in [0.25, 0.3) is 0 Å². The van der Waals surface area contributed by atoms with Crippen LogP contribution in [0.3, 0.4) is 0 Å². The fourth-order valence-electron chi connectivity index (χ4n) is 3.13. The van der Waals surface area contributed by atoms with Crippen LogP contribution < -0.4 is 10.1 Å². The molecule has 0 spiro atoms. The Morgan fingerprint density at radius 1 is 1.00 bits per heavy atom. The van der Waals surface area contributed by atoms with Gasteiger partial charge in [0.15, 0.2) is 5.75 Å². The van der Waals surface area contributed by atoms with Crippen LogP contribution in [0.2, 0.25) is 0 Å². The zero-order valence-electron chi connectivity index (χ0n) is 18.1. The molecular formula is C25H20F3N3O3. The predicted molar refractivity (Wildman–Crippen MR) is 119 cm³/mol. The predicted octanol–water partition coefficient (Wildman–Crippen LogP) is 6.43. The number of anilines is 1. The summed E-state index contributed by atoms with van der Waals surface area (Å²) in [6, 6.07) is 19.2. The number of hydrogen-bond acceptors (Lipinski definition) is 5. The summed E-state index contributed by atoms with van der Waals surface area (Å²) in [6.45, 7) is 1.98. The third-order valence-electron chi connectivity index (χ3n) is 4.88. The molecule has 34 heavy (non-hydrogen) atoms. The van der Waals surface area contributed by atoms with Crippen molar-refractivity contribution in [2.75, 3.05) is 5.32 Å². The molecule has 1 amide bonds. The summed E-state index contributed by atoms with van der Waals surface area (Å²) in [4.78, 5) is 12.5. The number of ether oxygens (including phenoxy) is 1. The standard InChI is InChI=1S/C25H20F3N3O3/c1-16-9-11-19(12-10-16)33-21-8-3-2-7-20(21)29-22(32)13-14-23-30-31-24(34-23)17-5-4-6-18(15-17)25(26,27)28/h2-12,15H,13-14H2,1H3,(H,29,32). The normalized spacial score (nSPS) is 11.3. The fraction of sp³-hybridized carbons (Fsp3) is 0.160. The minimum absolute atomic E-state index is 0.0308. The van der Waals surface area contributed by atoms with Crippen molar-refractivity contribution < 1.29 is 27.1 Å². The van der Waals surface area contributed by atoms with Crippen molar-refractivity contribution in [2.24, 2.45) is 0 Å². The molecule has 0 bridgehead atoms. The molecule has 0 saturated carbocycles. The number of carbonyl (C=O) groups excluding carboxylic acids is 1. The summed E-state index contributed by atoms with van der Waals surface area (Å²) < 4.78 is 50.1. The number of amides is 1. The van der Waals surface area contributed by atoms with Gasteiger partial charge in [-0.3, -0.25) is 4.79 Å². The number of carbonyl (C=O) groups is 1. The highest BCUT2D eigenvalue weighted by molar-refractivity contribution is 5.92. The molecule has 0 aliphatic heterocycles. The van der Waals surface area contributed by atoms with Crippen LogP contribution in [0.4, 0.5) is 18.9 Å². The number of nitrogens with zero attached hydrogens (tertiary/aromatic N) is 2. The van der Waals surface area contributed by atoms with E-state index < -0.39 is 11.7 Å². The minimum Gasteiger partial charge on any atom is -0.455 e. The van der Waals surface area contributed by atoms with Gasteiger partial charge in [0.05, 0.1) is 11.3 Å². The Balaban J connectivity index is 1.38. The first-order chi connectivity index (χ1) is 16.3. The van der Waals surface area contributed by atoms with Crippen LogP contribution >= 0.6 is 0 Å². The van der Waals surface area contributed by atoms with Crippen LogP contribution in [0.1, 0.15) is 23.4 Å². The Hall–Kier alpha value is -4.14. The molecule has 0 unspecified atom stereocenters. The van der Waals surface area contributed by atoms with Gasteiger partial charge in [0.1, 0.15) is 5.75 Å². The smallest absolute Gasteiger partial charge is 0.416 e. The number of para-hydroxylation sites is 2. The second-order valence-electron chi connectivity index (χ2n) is 7.54. The van der Waals surface area contributed by atoms with Crippen LogP contribution in [-0.2, 0) is 17.4 Å². The number of benzene rings is 3. The zero-order valence-corrected chi connectivity index (χ0v) is 18.1. The summed E-state index contributed by atoms with van der Waals surface area (Å²) in [5.41, 5.74) is 0.949. The average Bonchev–Trinajstić information content (AvgIpc) is 3.29. The fourth-order valence-corrected chi connectivity index (χ4v) is 3.13. The van der Waals surface area contributed by atoms with Crippen LogP contribution in [-0.4, -0.2) is 16.1 Å². The first-order valence-corrected chi connectivity index (χ1v) is 10.4. The molecule has 1 aromatic heterocycles. The van der Waals surface area contributed by atoms with Crippen LogP contribution in [0.5, 0.6) is 11.5 Å². The molecule has 4 rings (SSSR count). The maximum atomic E-state index is 12.9. The quantitative estimate of drug-likeness (QED) is 0.339. The van der Waals surface area contributed by atoms with E-state index >= 15 is 0 Å². The third-order valence-corrected chi connectivity index (χ3v) is 4.88. The largest absolute Gasteiger partial charge is 0.455 e. The van der Waals surface area contributed by atoms with Gasteiger partial charge in [-0.15, -0.1) is 10.2 Å². The lowest BCUT2D eigenvalue weighted by molar-refractivity contribution is -0.137. The van der Waals surface area contributed by atoms with Crippen molar-refractivity contribution >= 4 is 11.6 Å². The number of halogens is 3. The van der Waals surface area contributed by atoms with Crippen LogP contribution in [0.25, 0.3) is 11.5 Å². The summed E-state index contributed by atoms with van der Waals surface area (Å²) in [7, 11) is 0. The number of nitrogens with one attached hydrogen (secondary N) is 1. The van der Waals surface area contributed by atoms with Gasteiger partial charge >= 0.3 is 6.18 Å². The van der Waals surface area contributed by atoms with E-state index in [0.717, 1.165) is 17.7 Å². The van der Waals surface area contributed by atoms with E-state index in [-0.39, 0.29) is 36.1 Å². The molecule has 1 N–H and O–H groups in total. The van der Waals surface area contributed by atoms with E-state index in [1.807, 2.05) is 31.2 Å². The SMILES string of the molecule is Cc1ccc(Oc2ccccc2NC(=O)CCc2nnc(-c3cccc(C(F)(F)F)c3)o2)cc1. The molecule has 174 valence electrons. The van der Waals surface area contributed by atoms with E-state index in [4.69, 9.17) is 9.15 Å². The Bertz CT molecular complexity index is 1280. The lowest BCUT2D eigenvalue weighted by Gasteiger charge is -2.12. The highest BCUT2D eigenvalue weighted by Crippen LogP contribution is 2.32. The van der Waals surface area contributed by atoms with Crippen molar-refractivity contribution in [2.45, 2.75) is 25.9 Å². The average molecular weight is 467 g/mol. The van der Waals surface area contributed by atoms with E-state index in [9.17, 15) is 18.0 Å². The van der Waals surface area contributed by atoms with Crippen molar-refractivity contribution in [1.29, 1.82) is 0 Å². The second kappa shape index (κ2) is 9.78. The molecule has 1 heterocycles. The van der Waals surface area contributed by atoms with Gasteiger partial charge in [0.2, 0.25) is 17.7 Å². The second-order valence-corrected chi connectivity index (χ2v) is 7.54. The number of rotatable bonds is 7. The Morgan fingerprint density at radius 2 is 1.76 bits per heavy atom. The van der Waals surface area contributed by atoms with Gasteiger partial charge in [-0.2, -0.15) is 13.2 Å². The summed E-state index contributed by atoms with van der Waals surface area (Å²) >= 11 is 0. The summed E-state index contributed by atoms with van der Waals surface area (Å²) in [5, 5.41) is 10.4. The van der Waals surface area contributed by atoms with E-state index in [2.05, 4.69) is 15.5 Å². The lowest BCUT2D eigenvalue weighted by atomic mass is 10.1. The van der Waals surface area contributed by atoms with E-state index in [0.29, 0.717) is 17.2 Å². The number of aryl methyl sites for hydroxylation is 2.